The number of aliphatic hydroxyl groups excluding tert-OH is 3. The Morgan fingerprint density at radius 2 is 1.80 bits per heavy atom. The molecule has 0 spiro atoms. The van der Waals surface area contributed by atoms with Crippen LogP contribution in [0.15, 0.2) is 54.6 Å². The second-order valence-corrected chi connectivity index (χ2v) is 6.80. The quantitative estimate of drug-likeness (QED) is 0.486. The third kappa shape index (κ3) is 7.59. The summed E-state index contributed by atoms with van der Waals surface area (Å²) in [4.78, 5) is 11.1. The Hall–Kier alpha value is -2.74. The van der Waals surface area contributed by atoms with Crippen molar-refractivity contribution in [3.8, 4) is 5.75 Å². The molecule has 0 heterocycles. The highest BCUT2D eigenvalue weighted by atomic mass is 19.1. The minimum Gasteiger partial charge on any atom is -0.491 e. The summed E-state index contributed by atoms with van der Waals surface area (Å²) in [5, 5.41) is 30.7. The predicted molar refractivity (Wildman–Crippen MR) is 110 cm³/mol. The Kier molecular flexibility index (Phi) is 9.47. The first-order valence-corrected chi connectivity index (χ1v) is 9.67. The predicted octanol–water partition coefficient (Wildman–Crippen LogP) is 3.02. The number of aliphatic hydroxyl groups is 3. The average Bonchev–Trinajstić information content (AvgIpc) is 2.76. The third-order valence-corrected chi connectivity index (χ3v) is 4.55. The smallest absolute Gasteiger partial charge is 0.305 e. The molecule has 0 saturated heterocycles. The van der Waals surface area contributed by atoms with Crippen LogP contribution < -0.4 is 4.74 Å². The topological polar surface area (TPSA) is 96.2 Å². The van der Waals surface area contributed by atoms with Crippen LogP contribution in [0.5, 0.6) is 5.75 Å². The lowest BCUT2D eigenvalue weighted by atomic mass is 10.0. The summed E-state index contributed by atoms with van der Waals surface area (Å²) in [5.74, 6) is -0.295. The van der Waals surface area contributed by atoms with Gasteiger partial charge in [0.15, 0.2) is 0 Å². The highest BCUT2D eigenvalue weighted by molar-refractivity contribution is 5.69. The molecule has 2 rings (SSSR count). The SMILES string of the molecule is COC(=O)CCC[C@H](O)[C@H](O)C=Cc1ccccc1[C@H](O)COc1ccc(F)cc1. The molecule has 0 radical (unpaired) electrons. The fourth-order valence-electron chi connectivity index (χ4n) is 2.82. The van der Waals surface area contributed by atoms with Crippen LogP contribution in [0, 0.1) is 5.82 Å². The largest absolute Gasteiger partial charge is 0.491 e. The van der Waals surface area contributed by atoms with E-state index in [9.17, 15) is 24.5 Å². The van der Waals surface area contributed by atoms with Gasteiger partial charge in [-0.1, -0.05) is 36.4 Å². The fraction of sp³-hybridized carbons (Fsp3) is 0.348. The number of hydrogen-bond donors (Lipinski definition) is 3. The molecule has 30 heavy (non-hydrogen) atoms. The lowest BCUT2D eigenvalue weighted by molar-refractivity contribution is -0.140. The number of carbonyl (C=O) groups is 1. The van der Waals surface area contributed by atoms with E-state index in [-0.39, 0.29) is 31.2 Å². The Bertz CT molecular complexity index is 821. The number of hydrogen-bond acceptors (Lipinski definition) is 6. The van der Waals surface area contributed by atoms with Gasteiger partial charge >= 0.3 is 5.97 Å². The van der Waals surface area contributed by atoms with Gasteiger partial charge in [-0.25, -0.2) is 4.39 Å². The Morgan fingerprint density at radius 1 is 1.10 bits per heavy atom. The van der Waals surface area contributed by atoms with Crippen LogP contribution in [-0.2, 0) is 9.53 Å². The van der Waals surface area contributed by atoms with Gasteiger partial charge in [0.25, 0.3) is 0 Å². The molecule has 7 heteroatoms. The lowest BCUT2D eigenvalue weighted by Gasteiger charge is -2.16. The van der Waals surface area contributed by atoms with E-state index in [0.29, 0.717) is 23.3 Å². The molecular formula is C23H27FO6. The number of halogens is 1. The van der Waals surface area contributed by atoms with Crippen molar-refractivity contribution in [3.05, 3.63) is 71.6 Å². The minimum atomic E-state index is -1.12. The highest BCUT2D eigenvalue weighted by Gasteiger charge is 2.15. The molecule has 6 nitrogen and oxygen atoms in total. The summed E-state index contributed by atoms with van der Waals surface area (Å²) in [6.07, 6.45) is 0.782. The van der Waals surface area contributed by atoms with E-state index in [4.69, 9.17) is 4.74 Å². The van der Waals surface area contributed by atoms with Gasteiger partial charge < -0.3 is 24.8 Å². The van der Waals surface area contributed by atoms with Crippen LogP contribution >= 0.6 is 0 Å². The first-order valence-electron chi connectivity index (χ1n) is 9.67. The molecule has 2 aromatic rings. The van der Waals surface area contributed by atoms with Crippen molar-refractivity contribution >= 4 is 12.0 Å². The molecule has 3 N–H and O–H groups in total. The van der Waals surface area contributed by atoms with Gasteiger partial charge in [-0.05, 0) is 48.2 Å². The molecule has 162 valence electrons. The van der Waals surface area contributed by atoms with Crippen LogP contribution in [0.3, 0.4) is 0 Å². The van der Waals surface area contributed by atoms with Crippen molar-refractivity contribution in [2.24, 2.45) is 0 Å². The van der Waals surface area contributed by atoms with Crippen molar-refractivity contribution in [2.75, 3.05) is 13.7 Å². The minimum absolute atomic E-state index is 0.0325. The molecule has 0 aliphatic carbocycles. The number of methoxy groups -OCH3 is 1. The first kappa shape index (κ1) is 23.5. The van der Waals surface area contributed by atoms with Gasteiger partial charge in [0.1, 0.15) is 24.3 Å². The summed E-state index contributed by atoms with van der Waals surface area (Å²) in [7, 11) is 1.30. The van der Waals surface area contributed by atoms with Crippen LogP contribution in [0.4, 0.5) is 4.39 Å². The van der Waals surface area contributed by atoms with Gasteiger partial charge in [-0.15, -0.1) is 0 Å². The fourth-order valence-corrected chi connectivity index (χ4v) is 2.82. The van der Waals surface area contributed by atoms with E-state index in [1.165, 1.54) is 37.5 Å². The maximum absolute atomic E-state index is 13.0. The number of rotatable bonds is 11. The van der Waals surface area contributed by atoms with Gasteiger partial charge in [-0.2, -0.15) is 0 Å². The van der Waals surface area contributed by atoms with Gasteiger partial charge in [0.05, 0.1) is 19.3 Å². The van der Waals surface area contributed by atoms with E-state index in [1.807, 2.05) is 0 Å². The van der Waals surface area contributed by atoms with Crippen LogP contribution in [0.2, 0.25) is 0 Å². The van der Waals surface area contributed by atoms with Gasteiger partial charge in [0.2, 0.25) is 0 Å². The maximum atomic E-state index is 13.0. The first-order chi connectivity index (χ1) is 14.4. The zero-order valence-corrected chi connectivity index (χ0v) is 16.8. The zero-order valence-electron chi connectivity index (χ0n) is 16.8. The second kappa shape index (κ2) is 12.1. The summed E-state index contributed by atoms with van der Waals surface area (Å²) in [6, 6.07) is 12.6. The van der Waals surface area contributed by atoms with Crippen molar-refractivity contribution in [1.82, 2.24) is 0 Å². The molecule has 0 aliphatic rings. The van der Waals surface area contributed by atoms with Crippen LogP contribution in [-0.4, -0.2) is 47.2 Å². The zero-order chi connectivity index (χ0) is 21.9. The van der Waals surface area contributed by atoms with E-state index >= 15 is 0 Å². The summed E-state index contributed by atoms with van der Waals surface area (Å²) in [6.45, 7) is -0.0325. The molecule has 0 aliphatic heterocycles. The number of benzene rings is 2. The van der Waals surface area contributed by atoms with Crippen LogP contribution in [0.25, 0.3) is 6.08 Å². The van der Waals surface area contributed by atoms with Crippen molar-refractivity contribution in [1.29, 1.82) is 0 Å². The van der Waals surface area contributed by atoms with Crippen molar-refractivity contribution < 1.29 is 34.0 Å². The number of carbonyl (C=O) groups excluding carboxylic acids is 1. The van der Waals surface area contributed by atoms with E-state index in [1.54, 1.807) is 30.3 Å². The molecule has 2 aromatic carbocycles. The molecule has 0 aromatic heterocycles. The molecule has 0 bridgehead atoms. The van der Waals surface area contributed by atoms with Gasteiger partial charge in [-0.3, -0.25) is 4.79 Å². The maximum Gasteiger partial charge on any atom is 0.305 e. The molecule has 3 atom stereocenters. The average molecular weight is 418 g/mol. The monoisotopic (exact) mass is 418 g/mol. The summed E-state index contributed by atoms with van der Waals surface area (Å²) in [5.41, 5.74) is 1.25. The Morgan fingerprint density at radius 3 is 2.50 bits per heavy atom. The standard InChI is InChI=1S/C23H27FO6/c1-29-23(28)8-4-7-20(25)21(26)14-9-16-5-2-3-6-19(16)22(27)15-30-18-12-10-17(24)11-13-18/h2-3,5-6,9-14,20-22,25-27H,4,7-8,15H2,1H3/t20-,21+,22+/m0/s1. The molecule has 0 saturated carbocycles. The van der Waals surface area contributed by atoms with E-state index in [0.717, 1.165) is 0 Å². The third-order valence-electron chi connectivity index (χ3n) is 4.55. The second-order valence-electron chi connectivity index (χ2n) is 6.80. The van der Waals surface area contributed by atoms with E-state index < -0.39 is 18.3 Å². The van der Waals surface area contributed by atoms with Gasteiger partial charge in [0, 0.05) is 6.42 Å². The number of esters is 1. The Balaban J connectivity index is 1.94. The summed E-state index contributed by atoms with van der Waals surface area (Å²) < 4.78 is 23.0. The molecule has 0 amide bonds. The Labute approximate surface area is 175 Å². The molecular weight excluding hydrogens is 391 g/mol. The molecule has 0 fully saturated rings. The van der Waals surface area contributed by atoms with Crippen LogP contribution in [0.1, 0.15) is 36.5 Å². The highest BCUT2D eigenvalue weighted by Crippen LogP contribution is 2.22. The summed E-state index contributed by atoms with van der Waals surface area (Å²) >= 11 is 0. The lowest BCUT2D eigenvalue weighted by Crippen LogP contribution is -2.23. The number of ether oxygens (including phenoxy) is 2. The normalized spacial score (nSPS) is 14.3. The van der Waals surface area contributed by atoms with Crippen molar-refractivity contribution in [2.45, 2.75) is 37.6 Å². The van der Waals surface area contributed by atoms with Crippen molar-refractivity contribution in [3.63, 3.8) is 0 Å². The molecule has 0 unspecified atom stereocenters. The van der Waals surface area contributed by atoms with E-state index in [2.05, 4.69) is 4.74 Å².